The zero-order valence-corrected chi connectivity index (χ0v) is 12.4. The molecule has 0 aromatic heterocycles. The minimum atomic E-state index is 0.126. The second-order valence-electron chi connectivity index (χ2n) is 6.40. The first-order valence-corrected chi connectivity index (χ1v) is 7.88. The molecule has 4 heteroatoms. The summed E-state index contributed by atoms with van der Waals surface area (Å²) in [5.41, 5.74) is 6.01. The molecule has 1 aliphatic carbocycles. The van der Waals surface area contributed by atoms with Gasteiger partial charge in [0.25, 0.3) is 0 Å². The van der Waals surface area contributed by atoms with E-state index in [0.717, 1.165) is 38.8 Å². The van der Waals surface area contributed by atoms with Gasteiger partial charge in [-0.15, -0.1) is 0 Å². The zero-order valence-electron chi connectivity index (χ0n) is 12.4. The van der Waals surface area contributed by atoms with E-state index in [2.05, 4.69) is 24.1 Å². The van der Waals surface area contributed by atoms with Crippen LogP contribution < -0.4 is 11.1 Å². The van der Waals surface area contributed by atoms with Crippen molar-refractivity contribution in [1.29, 1.82) is 0 Å². The summed E-state index contributed by atoms with van der Waals surface area (Å²) >= 11 is 0. The fraction of sp³-hybridized carbons (Fsp3) is 0.933. The van der Waals surface area contributed by atoms with Crippen molar-refractivity contribution in [3.63, 3.8) is 0 Å². The maximum atomic E-state index is 12.4. The van der Waals surface area contributed by atoms with E-state index in [-0.39, 0.29) is 17.9 Å². The van der Waals surface area contributed by atoms with E-state index in [1.807, 2.05) is 0 Å². The summed E-state index contributed by atoms with van der Waals surface area (Å²) in [6, 6.07) is 0.553. The minimum absolute atomic E-state index is 0.126. The van der Waals surface area contributed by atoms with Gasteiger partial charge in [0.15, 0.2) is 0 Å². The number of likely N-dealkylation sites (tertiary alicyclic amines) is 1. The Labute approximate surface area is 117 Å². The molecule has 1 amide bonds. The Bertz CT molecular complexity index is 308. The fourth-order valence-electron chi connectivity index (χ4n) is 3.49. The monoisotopic (exact) mass is 267 g/mol. The number of nitrogens with one attached hydrogen (secondary N) is 1. The first kappa shape index (κ1) is 14.8. The van der Waals surface area contributed by atoms with Crippen molar-refractivity contribution in [3.8, 4) is 0 Å². The topological polar surface area (TPSA) is 58.4 Å². The van der Waals surface area contributed by atoms with Crippen LogP contribution in [0.4, 0.5) is 0 Å². The number of nitrogens with zero attached hydrogens (tertiary/aromatic N) is 1. The summed E-state index contributed by atoms with van der Waals surface area (Å²) in [7, 11) is 0. The van der Waals surface area contributed by atoms with Crippen LogP contribution >= 0.6 is 0 Å². The minimum Gasteiger partial charge on any atom is -0.352 e. The molecule has 4 atom stereocenters. The third kappa shape index (κ3) is 3.93. The standard InChI is InChI=1S/C15H29N3O/c1-3-18-8-4-5-13(10-18)17-15(19)14-9-12(16)7-6-11(14)2/h11-14H,3-10,16H2,1-2H3,(H,17,19). The Morgan fingerprint density at radius 1 is 1.37 bits per heavy atom. The van der Waals surface area contributed by atoms with Crippen molar-refractivity contribution in [2.75, 3.05) is 19.6 Å². The lowest BCUT2D eigenvalue weighted by Crippen LogP contribution is -2.51. The molecule has 0 spiro atoms. The molecule has 2 fully saturated rings. The third-order valence-corrected chi connectivity index (χ3v) is 4.87. The molecule has 0 aromatic rings. The molecule has 110 valence electrons. The molecule has 19 heavy (non-hydrogen) atoms. The van der Waals surface area contributed by atoms with Gasteiger partial charge in [0.2, 0.25) is 5.91 Å². The van der Waals surface area contributed by atoms with E-state index in [9.17, 15) is 4.79 Å². The summed E-state index contributed by atoms with van der Waals surface area (Å²) in [5, 5.41) is 3.27. The molecule has 4 unspecified atom stereocenters. The number of carbonyl (C=O) groups excluding carboxylic acids is 1. The van der Waals surface area contributed by atoms with E-state index in [1.54, 1.807) is 0 Å². The number of rotatable bonds is 3. The smallest absolute Gasteiger partial charge is 0.223 e. The summed E-state index contributed by atoms with van der Waals surface area (Å²) in [6.07, 6.45) is 5.33. The molecule has 0 radical (unpaired) electrons. The van der Waals surface area contributed by atoms with Gasteiger partial charge in [0, 0.05) is 24.5 Å². The van der Waals surface area contributed by atoms with Gasteiger partial charge in [-0.05, 0) is 51.1 Å². The number of hydrogen-bond donors (Lipinski definition) is 2. The molecule has 2 aliphatic rings. The van der Waals surface area contributed by atoms with Crippen LogP contribution in [-0.4, -0.2) is 42.5 Å². The van der Waals surface area contributed by atoms with Crippen LogP contribution in [-0.2, 0) is 4.79 Å². The molecule has 2 rings (SSSR count). The Balaban J connectivity index is 1.85. The Kier molecular flexibility index (Phi) is 5.22. The van der Waals surface area contributed by atoms with Crippen LogP contribution in [0.5, 0.6) is 0 Å². The van der Waals surface area contributed by atoms with Gasteiger partial charge in [-0.3, -0.25) is 4.79 Å². The van der Waals surface area contributed by atoms with Crippen LogP contribution in [0.1, 0.15) is 46.0 Å². The first-order chi connectivity index (χ1) is 9.10. The quantitative estimate of drug-likeness (QED) is 0.811. The lowest BCUT2D eigenvalue weighted by Gasteiger charge is -2.36. The third-order valence-electron chi connectivity index (χ3n) is 4.87. The highest BCUT2D eigenvalue weighted by atomic mass is 16.2. The Morgan fingerprint density at radius 2 is 2.16 bits per heavy atom. The number of nitrogens with two attached hydrogens (primary N) is 1. The number of hydrogen-bond acceptors (Lipinski definition) is 3. The van der Waals surface area contributed by atoms with Crippen LogP contribution in [0.25, 0.3) is 0 Å². The molecule has 0 aromatic carbocycles. The fourth-order valence-corrected chi connectivity index (χ4v) is 3.49. The van der Waals surface area contributed by atoms with Gasteiger partial charge >= 0.3 is 0 Å². The molecule has 3 N–H and O–H groups in total. The van der Waals surface area contributed by atoms with Crippen molar-refractivity contribution < 1.29 is 4.79 Å². The maximum absolute atomic E-state index is 12.4. The second kappa shape index (κ2) is 6.71. The van der Waals surface area contributed by atoms with Crippen molar-refractivity contribution in [1.82, 2.24) is 10.2 Å². The van der Waals surface area contributed by atoms with Gasteiger partial charge in [-0.2, -0.15) is 0 Å². The van der Waals surface area contributed by atoms with Crippen molar-refractivity contribution >= 4 is 5.91 Å². The SMILES string of the molecule is CCN1CCCC(NC(=O)C2CC(N)CCC2C)C1. The van der Waals surface area contributed by atoms with Gasteiger partial charge in [-0.25, -0.2) is 0 Å². The average Bonchev–Trinajstić information content (AvgIpc) is 2.41. The molecular formula is C15H29N3O. The van der Waals surface area contributed by atoms with Crippen LogP contribution in [0, 0.1) is 11.8 Å². The lowest BCUT2D eigenvalue weighted by atomic mass is 9.77. The summed E-state index contributed by atoms with van der Waals surface area (Å²) in [5.74, 6) is 0.844. The van der Waals surface area contributed by atoms with E-state index < -0.39 is 0 Å². The Hall–Kier alpha value is -0.610. The molecule has 1 heterocycles. The average molecular weight is 267 g/mol. The molecular weight excluding hydrogens is 238 g/mol. The molecule has 1 saturated carbocycles. The highest BCUT2D eigenvalue weighted by Crippen LogP contribution is 2.29. The zero-order chi connectivity index (χ0) is 13.8. The van der Waals surface area contributed by atoms with Gasteiger partial charge < -0.3 is 16.0 Å². The lowest BCUT2D eigenvalue weighted by molar-refractivity contribution is -0.128. The molecule has 4 nitrogen and oxygen atoms in total. The van der Waals surface area contributed by atoms with Crippen molar-refractivity contribution in [2.45, 2.75) is 58.0 Å². The molecule has 0 bridgehead atoms. The summed E-state index contributed by atoms with van der Waals surface area (Å²) in [4.78, 5) is 14.9. The highest BCUT2D eigenvalue weighted by molar-refractivity contribution is 5.79. The van der Waals surface area contributed by atoms with Crippen molar-refractivity contribution in [2.24, 2.45) is 17.6 Å². The number of amides is 1. The number of piperidine rings is 1. The number of likely N-dealkylation sites (N-methyl/N-ethyl adjacent to an activating group) is 1. The van der Waals surface area contributed by atoms with E-state index in [1.165, 1.54) is 13.0 Å². The Morgan fingerprint density at radius 3 is 2.89 bits per heavy atom. The second-order valence-corrected chi connectivity index (χ2v) is 6.40. The summed E-state index contributed by atoms with van der Waals surface area (Å²) in [6.45, 7) is 7.64. The van der Waals surface area contributed by atoms with Gasteiger partial charge in [-0.1, -0.05) is 13.8 Å². The maximum Gasteiger partial charge on any atom is 0.223 e. The summed E-state index contributed by atoms with van der Waals surface area (Å²) < 4.78 is 0. The van der Waals surface area contributed by atoms with Crippen LogP contribution in [0.3, 0.4) is 0 Å². The predicted molar refractivity (Wildman–Crippen MR) is 77.8 cm³/mol. The molecule has 1 saturated heterocycles. The van der Waals surface area contributed by atoms with Crippen LogP contribution in [0.15, 0.2) is 0 Å². The largest absolute Gasteiger partial charge is 0.352 e. The van der Waals surface area contributed by atoms with Gasteiger partial charge in [0.05, 0.1) is 0 Å². The molecule has 1 aliphatic heterocycles. The van der Waals surface area contributed by atoms with Crippen molar-refractivity contribution in [3.05, 3.63) is 0 Å². The van der Waals surface area contributed by atoms with E-state index >= 15 is 0 Å². The van der Waals surface area contributed by atoms with E-state index in [4.69, 9.17) is 5.73 Å². The predicted octanol–water partition coefficient (Wildman–Crippen LogP) is 1.35. The van der Waals surface area contributed by atoms with Gasteiger partial charge in [0.1, 0.15) is 0 Å². The highest BCUT2D eigenvalue weighted by Gasteiger charge is 2.32. The normalized spacial score (nSPS) is 37.0. The van der Waals surface area contributed by atoms with Crippen LogP contribution in [0.2, 0.25) is 0 Å². The van der Waals surface area contributed by atoms with E-state index in [0.29, 0.717) is 12.0 Å². The number of carbonyl (C=O) groups is 1. The first-order valence-electron chi connectivity index (χ1n) is 7.88.